The molecule has 0 heterocycles. The summed E-state index contributed by atoms with van der Waals surface area (Å²) in [5.41, 5.74) is 7.34. The van der Waals surface area contributed by atoms with Crippen molar-refractivity contribution >= 4 is 5.91 Å². The Bertz CT molecular complexity index is 391. The predicted octanol–water partition coefficient (Wildman–Crippen LogP) is 2.84. The van der Waals surface area contributed by atoms with E-state index in [2.05, 4.69) is 31.2 Å². The lowest BCUT2D eigenvalue weighted by Gasteiger charge is -2.24. The number of benzene rings is 1. The number of carbonyl (C=O) groups excluding carboxylic acids is 1. The van der Waals surface area contributed by atoms with Gasteiger partial charge in [0, 0.05) is 13.6 Å². The highest BCUT2D eigenvalue weighted by molar-refractivity contribution is 5.81. The second kappa shape index (κ2) is 8.75. The molecule has 0 aromatic heterocycles. The molecule has 0 aliphatic carbocycles. The number of hydrogen-bond donors (Lipinski definition) is 1. The van der Waals surface area contributed by atoms with E-state index >= 15 is 0 Å². The fourth-order valence-electron chi connectivity index (χ4n) is 2.18. The number of amides is 1. The summed E-state index contributed by atoms with van der Waals surface area (Å²) in [6, 6.07) is 10.1. The minimum absolute atomic E-state index is 0.0686. The number of hydrogen-bond acceptors (Lipinski definition) is 2. The molecule has 0 radical (unpaired) electrons. The van der Waals surface area contributed by atoms with Gasteiger partial charge >= 0.3 is 0 Å². The Morgan fingerprint density at radius 1 is 1.25 bits per heavy atom. The van der Waals surface area contributed by atoms with Crippen LogP contribution in [0, 0.1) is 5.92 Å². The van der Waals surface area contributed by atoms with E-state index in [-0.39, 0.29) is 17.9 Å². The Kier molecular flexibility index (Phi) is 7.31. The second-order valence-electron chi connectivity index (χ2n) is 5.61. The molecule has 0 saturated heterocycles. The van der Waals surface area contributed by atoms with Crippen molar-refractivity contribution in [2.45, 2.75) is 45.6 Å². The molecule has 1 rings (SSSR count). The Hall–Kier alpha value is -1.35. The van der Waals surface area contributed by atoms with E-state index in [9.17, 15) is 4.79 Å². The van der Waals surface area contributed by atoms with E-state index in [1.807, 2.05) is 20.0 Å². The molecule has 0 aliphatic heterocycles. The van der Waals surface area contributed by atoms with Crippen molar-refractivity contribution in [2.24, 2.45) is 11.7 Å². The van der Waals surface area contributed by atoms with Crippen molar-refractivity contribution in [2.75, 3.05) is 13.6 Å². The van der Waals surface area contributed by atoms with Crippen LogP contribution in [0.2, 0.25) is 0 Å². The molecule has 2 atom stereocenters. The minimum atomic E-state index is -0.362. The van der Waals surface area contributed by atoms with Gasteiger partial charge in [0.1, 0.15) is 0 Å². The number of nitrogens with two attached hydrogens (primary N) is 1. The van der Waals surface area contributed by atoms with E-state index in [1.54, 1.807) is 4.90 Å². The number of nitrogens with zero attached hydrogens (tertiary/aromatic N) is 1. The van der Waals surface area contributed by atoms with Crippen molar-refractivity contribution < 1.29 is 4.79 Å². The number of carbonyl (C=O) groups is 1. The molecule has 112 valence electrons. The largest absolute Gasteiger partial charge is 0.344 e. The average Bonchev–Trinajstić information content (AvgIpc) is 2.50. The third kappa shape index (κ3) is 5.33. The molecule has 1 amide bonds. The fraction of sp³-hybridized carbons (Fsp3) is 0.588. The van der Waals surface area contributed by atoms with Crippen LogP contribution in [-0.4, -0.2) is 30.4 Å². The van der Waals surface area contributed by atoms with Crippen molar-refractivity contribution in [1.29, 1.82) is 0 Å². The van der Waals surface area contributed by atoms with Gasteiger partial charge in [-0.3, -0.25) is 4.79 Å². The fourth-order valence-corrected chi connectivity index (χ4v) is 2.18. The maximum atomic E-state index is 12.1. The van der Waals surface area contributed by atoms with Crippen LogP contribution in [0.3, 0.4) is 0 Å². The van der Waals surface area contributed by atoms with Gasteiger partial charge in [-0.1, -0.05) is 50.6 Å². The average molecular weight is 276 g/mol. The molecule has 0 fully saturated rings. The summed E-state index contributed by atoms with van der Waals surface area (Å²) in [5, 5.41) is 0. The molecular weight excluding hydrogens is 248 g/mol. The van der Waals surface area contributed by atoms with Crippen LogP contribution >= 0.6 is 0 Å². The highest BCUT2D eigenvalue weighted by Crippen LogP contribution is 2.09. The molecule has 1 aromatic carbocycles. The summed E-state index contributed by atoms with van der Waals surface area (Å²) in [7, 11) is 1.85. The first-order valence-corrected chi connectivity index (χ1v) is 7.60. The highest BCUT2D eigenvalue weighted by atomic mass is 16.2. The zero-order chi connectivity index (χ0) is 15.0. The molecule has 0 bridgehead atoms. The Morgan fingerprint density at radius 2 is 1.90 bits per heavy atom. The van der Waals surface area contributed by atoms with Crippen molar-refractivity contribution in [1.82, 2.24) is 4.90 Å². The summed E-state index contributed by atoms with van der Waals surface area (Å²) in [6.07, 6.45) is 4.12. The highest BCUT2D eigenvalue weighted by Gasteiger charge is 2.22. The van der Waals surface area contributed by atoms with Crippen LogP contribution < -0.4 is 5.73 Å². The van der Waals surface area contributed by atoms with E-state index in [0.29, 0.717) is 0 Å². The van der Waals surface area contributed by atoms with E-state index in [1.165, 1.54) is 5.56 Å². The van der Waals surface area contributed by atoms with Crippen molar-refractivity contribution in [3.63, 3.8) is 0 Å². The standard InChI is InChI=1S/C17H28N2O/c1-4-14(2)16(18)17(20)19(3)13-9-8-12-15-10-6-5-7-11-15/h5-7,10-11,14,16H,4,8-9,12-13,18H2,1-3H3. The van der Waals surface area contributed by atoms with Gasteiger partial charge in [-0.25, -0.2) is 0 Å². The Balaban J connectivity index is 2.26. The van der Waals surface area contributed by atoms with E-state index in [0.717, 1.165) is 32.2 Å². The normalized spacial score (nSPS) is 13.8. The quantitative estimate of drug-likeness (QED) is 0.742. The minimum Gasteiger partial charge on any atom is -0.344 e. The van der Waals surface area contributed by atoms with Gasteiger partial charge in [0.2, 0.25) is 5.91 Å². The molecule has 2 N–H and O–H groups in total. The third-order valence-electron chi connectivity index (χ3n) is 3.97. The van der Waals surface area contributed by atoms with Crippen molar-refractivity contribution in [3.8, 4) is 0 Å². The first-order chi connectivity index (χ1) is 9.56. The molecule has 1 aromatic rings. The molecule has 2 unspecified atom stereocenters. The zero-order valence-electron chi connectivity index (χ0n) is 13.0. The lowest BCUT2D eigenvalue weighted by Crippen LogP contribution is -2.45. The lowest BCUT2D eigenvalue weighted by atomic mass is 9.99. The van der Waals surface area contributed by atoms with Crippen LogP contribution in [0.15, 0.2) is 30.3 Å². The maximum absolute atomic E-state index is 12.1. The molecule has 0 spiro atoms. The van der Waals surface area contributed by atoms with E-state index in [4.69, 9.17) is 5.73 Å². The van der Waals surface area contributed by atoms with Gasteiger partial charge in [0.05, 0.1) is 6.04 Å². The molecule has 0 saturated carbocycles. The van der Waals surface area contributed by atoms with Crippen LogP contribution in [0.5, 0.6) is 0 Å². The van der Waals surface area contributed by atoms with E-state index < -0.39 is 0 Å². The molecular formula is C17H28N2O. The smallest absolute Gasteiger partial charge is 0.239 e. The van der Waals surface area contributed by atoms with Crippen LogP contribution in [0.1, 0.15) is 38.7 Å². The molecule has 0 aliphatic rings. The molecule has 3 nitrogen and oxygen atoms in total. The molecule has 20 heavy (non-hydrogen) atoms. The zero-order valence-corrected chi connectivity index (χ0v) is 13.0. The Morgan fingerprint density at radius 3 is 2.50 bits per heavy atom. The van der Waals surface area contributed by atoms with Crippen LogP contribution in [-0.2, 0) is 11.2 Å². The summed E-state index contributed by atoms with van der Waals surface area (Å²) in [5.74, 6) is 0.313. The first-order valence-electron chi connectivity index (χ1n) is 7.60. The monoisotopic (exact) mass is 276 g/mol. The number of likely N-dealkylation sites (N-methyl/N-ethyl adjacent to an activating group) is 1. The molecule has 3 heteroatoms. The van der Waals surface area contributed by atoms with Crippen LogP contribution in [0.4, 0.5) is 0 Å². The topological polar surface area (TPSA) is 46.3 Å². The summed E-state index contributed by atoms with van der Waals surface area (Å²) in [6.45, 7) is 4.89. The van der Waals surface area contributed by atoms with Gasteiger partial charge in [0.25, 0.3) is 0 Å². The number of aryl methyl sites for hydroxylation is 1. The van der Waals surface area contributed by atoms with Gasteiger partial charge in [0.15, 0.2) is 0 Å². The summed E-state index contributed by atoms with van der Waals surface area (Å²) >= 11 is 0. The number of rotatable bonds is 8. The number of unbranched alkanes of at least 4 members (excludes halogenated alkanes) is 1. The van der Waals surface area contributed by atoms with Crippen molar-refractivity contribution in [3.05, 3.63) is 35.9 Å². The van der Waals surface area contributed by atoms with Gasteiger partial charge in [-0.2, -0.15) is 0 Å². The maximum Gasteiger partial charge on any atom is 0.239 e. The van der Waals surface area contributed by atoms with Gasteiger partial charge < -0.3 is 10.6 Å². The predicted molar refractivity (Wildman–Crippen MR) is 84.4 cm³/mol. The van der Waals surface area contributed by atoms with Gasteiger partial charge in [-0.05, 0) is 30.7 Å². The Labute approximate surface area is 123 Å². The first kappa shape index (κ1) is 16.7. The SMILES string of the molecule is CCC(C)C(N)C(=O)N(C)CCCCc1ccccc1. The summed E-state index contributed by atoms with van der Waals surface area (Å²) in [4.78, 5) is 13.9. The summed E-state index contributed by atoms with van der Waals surface area (Å²) < 4.78 is 0. The lowest BCUT2D eigenvalue weighted by molar-refractivity contribution is -0.132. The third-order valence-corrected chi connectivity index (χ3v) is 3.97. The van der Waals surface area contributed by atoms with Gasteiger partial charge in [-0.15, -0.1) is 0 Å². The van der Waals surface area contributed by atoms with Crippen LogP contribution in [0.25, 0.3) is 0 Å². The second-order valence-corrected chi connectivity index (χ2v) is 5.61.